The number of rotatable bonds is 15. The Labute approximate surface area is 235 Å². The average molecular weight is 556 g/mol. The predicted octanol–water partition coefficient (Wildman–Crippen LogP) is 4.48. The number of ether oxygens (including phenoxy) is 3. The number of carbonyl (C=O) groups is 4. The first-order valence-corrected chi connectivity index (χ1v) is 14.6. The number of alkyl carbamates (subject to hydrolysis) is 1. The van der Waals surface area contributed by atoms with Gasteiger partial charge in [-0.25, -0.2) is 9.59 Å². The summed E-state index contributed by atoms with van der Waals surface area (Å²) < 4.78 is 16.0. The number of amides is 2. The van der Waals surface area contributed by atoms with E-state index in [2.05, 4.69) is 10.6 Å². The van der Waals surface area contributed by atoms with Crippen LogP contribution in [-0.4, -0.2) is 77.9 Å². The zero-order valence-electron chi connectivity index (χ0n) is 25.5. The molecule has 0 spiro atoms. The van der Waals surface area contributed by atoms with Crippen molar-refractivity contribution in [3.8, 4) is 0 Å². The molecule has 1 saturated heterocycles. The fraction of sp³-hybridized carbons (Fsp3) is 0.862. The van der Waals surface area contributed by atoms with E-state index in [1.165, 1.54) is 0 Å². The zero-order chi connectivity index (χ0) is 29.6. The van der Waals surface area contributed by atoms with E-state index in [9.17, 15) is 19.2 Å². The summed E-state index contributed by atoms with van der Waals surface area (Å²) in [5.41, 5.74) is -1.12. The summed E-state index contributed by atoms with van der Waals surface area (Å²) in [6, 6.07) is -1.83. The second-order valence-electron chi connectivity index (χ2n) is 12.3. The molecule has 2 N–H and O–H groups in total. The summed E-state index contributed by atoms with van der Waals surface area (Å²) in [5.74, 6) is -0.962. The van der Waals surface area contributed by atoms with Gasteiger partial charge in [0.25, 0.3) is 0 Å². The lowest BCUT2D eigenvalue weighted by atomic mass is 10.0. The van der Waals surface area contributed by atoms with E-state index >= 15 is 0 Å². The highest BCUT2D eigenvalue weighted by molar-refractivity contribution is 5.88. The highest BCUT2D eigenvalue weighted by Gasteiger charge is 2.39. The Kier molecular flexibility index (Phi) is 14.8. The summed E-state index contributed by atoms with van der Waals surface area (Å²) in [6.45, 7) is 15.8. The van der Waals surface area contributed by atoms with Crippen molar-refractivity contribution in [3.05, 3.63) is 0 Å². The summed E-state index contributed by atoms with van der Waals surface area (Å²) in [6.07, 6.45) is 7.17. The van der Waals surface area contributed by atoms with E-state index in [0.717, 1.165) is 44.9 Å². The lowest BCUT2D eigenvalue weighted by molar-refractivity contribution is -0.163. The standard InChI is InChI=1S/C29H53N3O7/c1-9-37-25(34)22(17-14-12-10-11-13-15-19-30-27(36)39-29(6,7)8)31-21(2)24(33)32-20-16-18-23(32)26(35)38-28(3,4)5/h21-23,31H,9-20H2,1-8H3,(H,30,36)/t21-,22-,23-/m0/s1. The van der Waals surface area contributed by atoms with E-state index in [1.807, 2.05) is 41.5 Å². The van der Waals surface area contributed by atoms with Gasteiger partial charge < -0.3 is 24.4 Å². The number of carbonyl (C=O) groups excluding carboxylic acids is 4. The Hall–Kier alpha value is -2.36. The van der Waals surface area contributed by atoms with Crippen molar-refractivity contribution < 1.29 is 33.4 Å². The highest BCUT2D eigenvalue weighted by Crippen LogP contribution is 2.22. The van der Waals surface area contributed by atoms with Gasteiger partial charge in [-0.2, -0.15) is 0 Å². The van der Waals surface area contributed by atoms with Crippen molar-refractivity contribution in [3.63, 3.8) is 0 Å². The lowest BCUT2D eigenvalue weighted by Crippen LogP contribution is -2.53. The Morgan fingerprint density at radius 2 is 1.49 bits per heavy atom. The smallest absolute Gasteiger partial charge is 0.407 e. The van der Waals surface area contributed by atoms with Gasteiger partial charge in [0, 0.05) is 13.1 Å². The molecular weight excluding hydrogens is 502 g/mol. The third-order valence-corrected chi connectivity index (χ3v) is 6.20. The van der Waals surface area contributed by atoms with Gasteiger partial charge in [-0.1, -0.05) is 32.1 Å². The van der Waals surface area contributed by atoms with Crippen LogP contribution in [0.1, 0.15) is 113 Å². The molecule has 1 aliphatic rings. The van der Waals surface area contributed by atoms with Gasteiger partial charge in [-0.15, -0.1) is 0 Å². The second-order valence-corrected chi connectivity index (χ2v) is 12.3. The van der Waals surface area contributed by atoms with Gasteiger partial charge in [0.1, 0.15) is 23.3 Å². The Morgan fingerprint density at radius 3 is 2.08 bits per heavy atom. The average Bonchev–Trinajstić information content (AvgIpc) is 3.29. The molecule has 10 heteroatoms. The summed E-state index contributed by atoms with van der Waals surface area (Å²) in [5, 5.41) is 5.93. The molecule has 1 aliphatic heterocycles. The van der Waals surface area contributed by atoms with Crippen LogP contribution in [0.25, 0.3) is 0 Å². The van der Waals surface area contributed by atoms with Crippen LogP contribution in [0.15, 0.2) is 0 Å². The number of nitrogens with one attached hydrogen (secondary N) is 2. The molecule has 1 rings (SSSR count). The van der Waals surface area contributed by atoms with Crippen LogP contribution in [-0.2, 0) is 28.6 Å². The van der Waals surface area contributed by atoms with Crippen molar-refractivity contribution in [2.75, 3.05) is 19.7 Å². The molecule has 226 valence electrons. The molecule has 0 aromatic heterocycles. The van der Waals surface area contributed by atoms with Crippen molar-refractivity contribution in [2.24, 2.45) is 0 Å². The maximum atomic E-state index is 13.2. The fourth-order valence-corrected chi connectivity index (χ4v) is 4.46. The number of esters is 2. The minimum Gasteiger partial charge on any atom is -0.465 e. The molecule has 0 unspecified atom stereocenters. The van der Waals surface area contributed by atoms with Crippen molar-refractivity contribution in [2.45, 2.75) is 143 Å². The summed E-state index contributed by atoms with van der Waals surface area (Å²) in [7, 11) is 0. The molecule has 2 amide bonds. The van der Waals surface area contributed by atoms with Gasteiger partial charge in [0.2, 0.25) is 5.91 Å². The van der Waals surface area contributed by atoms with E-state index in [-0.39, 0.29) is 24.5 Å². The maximum Gasteiger partial charge on any atom is 0.407 e. The van der Waals surface area contributed by atoms with Crippen LogP contribution in [0.2, 0.25) is 0 Å². The van der Waals surface area contributed by atoms with Crippen molar-refractivity contribution in [1.82, 2.24) is 15.5 Å². The van der Waals surface area contributed by atoms with Crippen LogP contribution in [0.3, 0.4) is 0 Å². The normalized spacial score (nSPS) is 17.3. The molecule has 1 fully saturated rings. The second kappa shape index (κ2) is 16.7. The van der Waals surface area contributed by atoms with Gasteiger partial charge >= 0.3 is 18.0 Å². The number of nitrogens with zero attached hydrogens (tertiary/aromatic N) is 1. The fourth-order valence-electron chi connectivity index (χ4n) is 4.46. The monoisotopic (exact) mass is 555 g/mol. The molecule has 0 radical (unpaired) electrons. The molecule has 1 heterocycles. The van der Waals surface area contributed by atoms with Gasteiger partial charge in [-0.05, 0) is 81.1 Å². The van der Waals surface area contributed by atoms with Crippen LogP contribution < -0.4 is 10.6 Å². The number of hydrogen-bond donors (Lipinski definition) is 2. The molecule has 10 nitrogen and oxygen atoms in total. The number of likely N-dealkylation sites (tertiary alicyclic amines) is 1. The quantitative estimate of drug-likeness (QED) is 0.172. The van der Waals surface area contributed by atoms with E-state index in [4.69, 9.17) is 14.2 Å². The maximum absolute atomic E-state index is 13.2. The largest absolute Gasteiger partial charge is 0.465 e. The van der Waals surface area contributed by atoms with E-state index < -0.39 is 35.4 Å². The molecule has 0 bridgehead atoms. The van der Waals surface area contributed by atoms with Crippen LogP contribution >= 0.6 is 0 Å². The Morgan fingerprint density at radius 1 is 0.897 bits per heavy atom. The van der Waals surface area contributed by atoms with Crippen molar-refractivity contribution >= 4 is 23.9 Å². The predicted molar refractivity (Wildman–Crippen MR) is 150 cm³/mol. The molecular formula is C29H53N3O7. The molecule has 39 heavy (non-hydrogen) atoms. The Balaban J connectivity index is 2.46. The third kappa shape index (κ3) is 14.6. The molecule has 0 aromatic carbocycles. The summed E-state index contributed by atoms with van der Waals surface area (Å²) in [4.78, 5) is 51.7. The third-order valence-electron chi connectivity index (χ3n) is 6.20. The van der Waals surface area contributed by atoms with E-state index in [1.54, 1.807) is 18.7 Å². The first kappa shape index (κ1) is 34.7. The minimum atomic E-state index is -0.639. The zero-order valence-corrected chi connectivity index (χ0v) is 25.5. The van der Waals surface area contributed by atoms with Crippen LogP contribution in [0.4, 0.5) is 4.79 Å². The van der Waals surface area contributed by atoms with Gasteiger partial charge in [-0.3, -0.25) is 14.9 Å². The van der Waals surface area contributed by atoms with Crippen molar-refractivity contribution in [1.29, 1.82) is 0 Å². The van der Waals surface area contributed by atoms with E-state index in [0.29, 0.717) is 25.9 Å². The summed E-state index contributed by atoms with van der Waals surface area (Å²) >= 11 is 0. The topological polar surface area (TPSA) is 123 Å². The minimum absolute atomic E-state index is 0.211. The number of hydrogen-bond acceptors (Lipinski definition) is 8. The SMILES string of the molecule is CCOC(=O)[C@H](CCCCCCCCNC(=O)OC(C)(C)C)N[C@@H](C)C(=O)N1CCC[C@H]1C(=O)OC(C)(C)C. The first-order valence-electron chi connectivity index (χ1n) is 14.6. The number of unbranched alkanes of at least 4 members (excludes halogenated alkanes) is 5. The molecule has 3 atom stereocenters. The molecule has 0 saturated carbocycles. The van der Waals surface area contributed by atoms with Crippen LogP contribution in [0, 0.1) is 0 Å². The van der Waals surface area contributed by atoms with Crippen LogP contribution in [0.5, 0.6) is 0 Å². The molecule has 0 aliphatic carbocycles. The highest BCUT2D eigenvalue weighted by atomic mass is 16.6. The van der Waals surface area contributed by atoms with Gasteiger partial charge in [0.05, 0.1) is 12.6 Å². The first-order chi connectivity index (χ1) is 18.1. The Bertz CT molecular complexity index is 789. The molecule has 0 aromatic rings. The lowest BCUT2D eigenvalue weighted by Gasteiger charge is -2.30. The van der Waals surface area contributed by atoms with Gasteiger partial charge in [0.15, 0.2) is 0 Å².